The normalized spacial score (nSPS) is 12.1. The number of Topliss-reactive ketones (excluding diaryl/α,β-unsaturated/α-hetero) is 1. The highest BCUT2D eigenvalue weighted by molar-refractivity contribution is 6.03. The first kappa shape index (κ1) is 24.6. The quantitative estimate of drug-likeness (QED) is 0.194. The summed E-state index contributed by atoms with van der Waals surface area (Å²) in [5.41, 5.74) is 4.48. The molecule has 3 heterocycles. The maximum Gasteiger partial charge on any atom is 0.455 e. The number of carbonyl (C=O) groups is 1. The predicted molar refractivity (Wildman–Crippen MR) is 115 cm³/mol. The average molecular weight is 511 g/mol. The second kappa shape index (κ2) is 9.27. The molecule has 4 rings (SSSR count). The van der Waals surface area contributed by atoms with Gasteiger partial charge in [-0.25, -0.2) is 15.0 Å². The number of nitrogens with two attached hydrogens (primary N) is 1. The topological polar surface area (TPSA) is 136 Å². The van der Waals surface area contributed by atoms with Gasteiger partial charge in [-0.15, -0.1) is 14.8 Å². The second-order valence-corrected chi connectivity index (χ2v) is 7.24. The first-order chi connectivity index (χ1) is 16.9. The van der Waals surface area contributed by atoms with Crippen LogP contribution in [0.15, 0.2) is 42.7 Å². The van der Waals surface area contributed by atoms with E-state index in [0.717, 1.165) is 22.8 Å². The Kier molecular flexibility index (Phi) is 6.34. The number of nitrogens with one attached hydrogen (secondary N) is 2. The number of anilines is 3. The fourth-order valence-corrected chi connectivity index (χ4v) is 3.07. The van der Waals surface area contributed by atoms with Crippen LogP contribution in [0.5, 0.6) is 0 Å². The van der Waals surface area contributed by atoms with Crippen LogP contribution >= 0.6 is 0 Å². The molecule has 1 aromatic carbocycles. The lowest BCUT2D eigenvalue weighted by molar-refractivity contribution is -0.137. The molecule has 0 unspecified atom stereocenters. The molecule has 36 heavy (non-hydrogen) atoms. The van der Waals surface area contributed by atoms with E-state index in [1.54, 1.807) is 0 Å². The third kappa shape index (κ3) is 5.26. The van der Waals surface area contributed by atoms with Crippen molar-refractivity contribution in [2.45, 2.75) is 12.4 Å². The van der Waals surface area contributed by atoms with Crippen molar-refractivity contribution in [2.75, 3.05) is 29.5 Å². The fraction of sp³-hybridized carbons (Fsp3) is 0.200. The van der Waals surface area contributed by atoms with E-state index >= 15 is 0 Å². The van der Waals surface area contributed by atoms with Gasteiger partial charge in [0.1, 0.15) is 18.0 Å². The molecule has 0 atom stereocenters. The van der Waals surface area contributed by atoms with Gasteiger partial charge in [0.25, 0.3) is 5.78 Å². The Bertz CT molecular complexity index is 1400. The molecule has 3 aromatic heterocycles. The summed E-state index contributed by atoms with van der Waals surface area (Å²) in [6.45, 7) is 0.399. The first-order valence-electron chi connectivity index (χ1n) is 10.0. The summed E-state index contributed by atoms with van der Waals surface area (Å²) in [7, 11) is 0. The van der Waals surface area contributed by atoms with Gasteiger partial charge in [-0.3, -0.25) is 4.79 Å². The summed E-state index contributed by atoms with van der Waals surface area (Å²) in [5, 5.41) is 13.9. The summed E-state index contributed by atoms with van der Waals surface area (Å²) >= 11 is 0. The molecule has 0 saturated carbocycles. The molecule has 16 heteroatoms. The maximum absolute atomic E-state index is 12.8. The Labute approximate surface area is 197 Å². The lowest BCUT2D eigenvalue weighted by atomic mass is 10.1. The maximum atomic E-state index is 12.8. The highest BCUT2D eigenvalue weighted by Crippen LogP contribution is 2.30. The van der Waals surface area contributed by atoms with Gasteiger partial charge in [0, 0.05) is 18.7 Å². The van der Waals surface area contributed by atoms with Gasteiger partial charge in [0.2, 0.25) is 5.65 Å². The number of hydrogen-bond donors (Lipinski definition) is 3. The van der Waals surface area contributed by atoms with E-state index in [9.17, 15) is 31.1 Å². The highest BCUT2D eigenvalue weighted by Gasteiger charge is 2.40. The number of carbonyl (C=O) groups excluding carboxylic acids is 1. The zero-order valence-corrected chi connectivity index (χ0v) is 17.9. The summed E-state index contributed by atoms with van der Waals surface area (Å²) in [4.78, 5) is 23.4. The van der Waals surface area contributed by atoms with Crippen LogP contribution in [-0.2, 0) is 6.18 Å². The van der Waals surface area contributed by atoms with Crippen LogP contribution in [0.1, 0.15) is 15.9 Å². The van der Waals surface area contributed by atoms with Crippen LogP contribution in [0.2, 0.25) is 0 Å². The van der Waals surface area contributed by atoms with Crippen molar-refractivity contribution in [1.29, 1.82) is 0 Å². The standard InChI is InChI=1S/C20H15F6N9O/c21-19(22,23)11-3-1-10(2-4-11)16-33-17(18-30-9-31-35(18)34-16)29-8-7-28-13-6-5-12(15(27)32-13)14(36)20(24,25)26/h1-6,9H,7-8H2,(H3,27,28,32)(H,29,33,34). The number of ketones is 1. The number of aromatic nitrogens is 6. The van der Waals surface area contributed by atoms with Crippen molar-refractivity contribution < 1.29 is 31.1 Å². The summed E-state index contributed by atoms with van der Waals surface area (Å²) in [5.74, 6) is -2.20. The molecule has 188 valence electrons. The van der Waals surface area contributed by atoms with Crippen LogP contribution in [0, 0.1) is 0 Å². The molecule has 0 fully saturated rings. The molecule has 0 aliphatic heterocycles. The van der Waals surface area contributed by atoms with Crippen LogP contribution in [0.25, 0.3) is 17.0 Å². The number of fused-ring (bicyclic) bond motifs is 1. The monoisotopic (exact) mass is 511 g/mol. The van der Waals surface area contributed by atoms with Crippen molar-refractivity contribution in [3.8, 4) is 11.4 Å². The van der Waals surface area contributed by atoms with Gasteiger partial charge in [-0.1, -0.05) is 12.1 Å². The zero-order valence-electron chi connectivity index (χ0n) is 17.9. The second-order valence-electron chi connectivity index (χ2n) is 7.24. The number of nitrogen functional groups attached to an aromatic ring is 1. The predicted octanol–water partition coefficient (Wildman–Crippen LogP) is 3.45. The van der Waals surface area contributed by atoms with E-state index in [4.69, 9.17) is 5.73 Å². The highest BCUT2D eigenvalue weighted by atomic mass is 19.4. The number of benzene rings is 1. The molecule has 0 aliphatic carbocycles. The van der Waals surface area contributed by atoms with Crippen molar-refractivity contribution >= 4 is 28.9 Å². The molecule has 4 aromatic rings. The molecule has 0 spiro atoms. The fourth-order valence-electron chi connectivity index (χ4n) is 3.07. The van der Waals surface area contributed by atoms with Crippen molar-refractivity contribution in [3.05, 3.63) is 53.9 Å². The molecule has 4 N–H and O–H groups in total. The number of alkyl halides is 6. The molecule has 0 amide bonds. The van der Waals surface area contributed by atoms with E-state index in [1.807, 2.05) is 0 Å². The third-order valence-corrected chi connectivity index (χ3v) is 4.77. The smallest absolute Gasteiger partial charge is 0.383 e. The Morgan fingerprint density at radius 3 is 2.28 bits per heavy atom. The number of hydrogen-bond acceptors (Lipinski definition) is 9. The largest absolute Gasteiger partial charge is 0.455 e. The number of halogens is 6. The van der Waals surface area contributed by atoms with Gasteiger partial charge >= 0.3 is 12.4 Å². The minimum atomic E-state index is -5.07. The van der Waals surface area contributed by atoms with Gasteiger partial charge < -0.3 is 16.4 Å². The van der Waals surface area contributed by atoms with Crippen LogP contribution in [0.3, 0.4) is 0 Å². The van der Waals surface area contributed by atoms with Gasteiger partial charge in [-0.2, -0.15) is 26.3 Å². The summed E-state index contributed by atoms with van der Waals surface area (Å²) in [6, 6.07) is 6.39. The Balaban J connectivity index is 1.45. The minimum Gasteiger partial charge on any atom is -0.383 e. The van der Waals surface area contributed by atoms with Gasteiger partial charge in [0.05, 0.1) is 11.1 Å². The lowest BCUT2D eigenvalue weighted by Crippen LogP contribution is -2.24. The van der Waals surface area contributed by atoms with Crippen molar-refractivity contribution in [1.82, 2.24) is 29.8 Å². The molecular formula is C20H15F6N9O. The van der Waals surface area contributed by atoms with E-state index in [-0.39, 0.29) is 36.2 Å². The number of rotatable bonds is 7. The number of pyridine rings is 1. The van der Waals surface area contributed by atoms with E-state index in [2.05, 4.69) is 35.8 Å². The Morgan fingerprint density at radius 2 is 1.64 bits per heavy atom. The van der Waals surface area contributed by atoms with Crippen molar-refractivity contribution in [3.63, 3.8) is 0 Å². The average Bonchev–Trinajstić information content (AvgIpc) is 3.29. The zero-order chi connectivity index (χ0) is 26.1. The Morgan fingerprint density at radius 1 is 0.944 bits per heavy atom. The molecular weight excluding hydrogens is 496 g/mol. The lowest BCUT2D eigenvalue weighted by Gasteiger charge is -2.12. The number of nitrogens with zero attached hydrogens (tertiary/aromatic N) is 6. The van der Waals surface area contributed by atoms with Crippen LogP contribution < -0.4 is 16.4 Å². The van der Waals surface area contributed by atoms with Gasteiger partial charge in [-0.05, 0) is 24.3 Å². The van der Waals surface area contributed by atoms with E-state index < -0.39 is 35.1 Å². The van der Waals surface area contributed by atoms with Crippen molar-refractivity contribution in [2.24, 2.45) is 0 Å². The molecule has 0 bridgehead atoms. The van der Waals surface area contributed by atoms with Crippen LogP contribution in [0.4, 0.5) is 43.8 Å². The first-order valence-corrected chi connectivity index (χ1v) is 10.0. The summed E-state index contributed by atoms with van der Waals surface area (Å²) in [6.07, 6.45) is -8.33. The minimum absolute atomic E-state index is 0.0940. The molecule has 0 radical (unpaired) electrons. The molecule has 0 saturated heterocycles. The SMILES string of the molecule is Nc1nc(NCCNc2nc(-c3ccc(C(F)(F)F)cc3)nn3ncnc23)ccc1C(=O)C(F)(F)F. The molecule has 0 aliphatic rings. The molecule has 10 nitrogen and oxygen atoms in total. The third-order valence-electron chi connectivity index (χ3n) is 4.77. The van der Waals surface area contributed by atoms with E-state index in [1.165, 1.54) is 24.5 Å². The van der Waals surface area contributed by atoms with Crippen LogP contribution in [-0.4, -0.2) is 54.8 Å². The Hall–Kier alpha value is -4.50. The van der Waals surface area contributed by atoms with E-state index in [0.29, 0.717) is 5.56 Å². The summed E-state index contributed by atoms with van der Waals surface area (Å²) < 4.78 is 77.4. The van der Waals surface area contributed by atoms with Gasteiger partial charge in [0.15, 0.2) is 11.6 Å².